The normalized spacial score (nSPS) is 19.1. The molecule has 2 aliphatic rings. The molecule has 3 heteroatoms. The first-order valence-electron chi connectivity index (χ1n) is 8.18. The summed E-state index contributed by atoms with van der Waals surface area (Å²) in [6.07, 6.45) is 12.3. The Kier molecular flexibility index (Phi) is 5.70. The first kappa shape index (κ1) is 17.6. The van der Waals surface area contributed by atoms with Crippen LogP contribution in [0, 0.1) is 0 Å². The molecule has 2 aliphatic carbocycles. The van der Waals surface area contributed by atoms with Crippen molar-refractivity contribution in [2.45, 2.75) is 64.2 Å². The molecule has 0 heterocycles. The number of allylic oxidation sites excluding steroid dienone is 8. The van der Waals surface area contributed by atoms with Crippen molar-refractivity contribution in [3.63, 3.8) is 0 Å². The van der Waals surface area contributed by atoms with E-state index in [0.29, 0.717) is 0 Å². The maximum absolute atomic E-state index is 2.50. The quantitative estimate of drug-likeness (QED) is 0.398. The van der Waals surface area contributed by atoms with E-state index in [0.717, 1.165) is 0 Å². The summed E-state index contributed by atoms with van der Waals surface area (Å²) in [6.45, 7) is 15.0. The third-order valence-electron chi connectivity index (χ3n) is 3.80. The van der Waals surface area contributed by atoms with Gasteiger partial charge in [-0.25, -0.2) is 0 Å². The Balaban J connectivity index is 2.13. The molecule has 114 valence electrons. The molecule has 0 N–H and O–H groups in total. The van der Waals surface area contributed by atoms with Crippen LogP contribution in [0.25, 0.3) is 0 Å². The monoisotopic (exact) mass is 482 g/mol. The predicted octanol–water partition coefficient (Wildman–Crippen LogP) is 6.17. The predicted molar refractivity (Wildman–Crippen MR) is 97.9 cm³/mol. The third-order valence-corrected chi connectivity index (χ3v) is 12.6. The SMILES string of the molecule is C[Si](C)(C)CC1=[C]([Hf][C]2=C(C[Si](C)(C)C)C=CC2)CC=C1. The van der Waals surface area contributed by atoms with Crippen LogP contribution in [-0.4, -0.2) is 16.1 Å². The van der Waals surface area contributed by atoms with Gasteiger partial charge < -0.3 is 0 Å². The first-order chi connectivity index (χ1) is 9.64. The minimum atomic E-state index is -0.978. The Labute approximate surface area is 144 Å². The van der Waals surface area contributed by atoms with Gasteiger partial charge in [0.05, 0.1) is 0 Å². The summed E-state index contributed by atoms with van der Waals surface area (Å²) in [5.41, 5.74) is 3.51. The first-order valence-corrected chi connectivity index (χ1v) is 19.2. The van der Waals surface area contributed by atoms with E-state index in [9.17, 15) is 0 Å². The summed E-state index contributed by atoms with van der Waals surface area (Å²) in [5.74, 6) is 0. The van der Waals surface area contributed by atoms with E-state index in [1.54, 1.807) is 11.1 Å². The molecule has 0 aromatic heterocycles. The molecule has 0 aliphatic heterocycles. The van der Waals surface area contributed by atoms with Crippen molar-refractivity contribution in [2.75, 3.05) is 0 Å². The van der Waals surface area contributed by atoms with Crippen molar-refractivity contribution in [1.29, 1.82) is 0 Å². The van der Waals surface area contributed by atoms with Gasteiger partial charge in [-0.2, -0.15) is 0 Å². The minimum absolute atomic E-state index is 0.760. The molecule has 0 atom stereocenters. The zero-order valence-electron chi connectivity index (χ0n) is 14.6. The third kappa shape index (κ3) is 5.76. The van der Waals surface area contributed by atoms with E-state index in [1.165, 1.54) is 24.9 Å². The number of hydrogen-bond acceptors (Lipinski definition) is 0. The van der Waals surface area contributed by atoms with Crippen LogP contribution in [0.15, 0.2) is 42.1 Å². The van der Waals surface area contributed by atoms with E-state index < -0.39 is 39.1 Å². The second-order valence-electron chi connectivity index (χ2n) is 8.82. The van der Waals surface area contributed by atoms with E-state index in [4.69, 9.17) is 0 Å². The fourth-order valence-corrected chi connectivity index (χ4v) is 12.5. The van der Waals surface area contributed by atoms with Crippen molar-refractivity contribution in [1.82, 2.24) is 0 Å². The molecule has 0 saturated carbocycles. The van der Waals surface area contributed by atoms with Crippen molar-refractivity contribution in [3.8, 4) is 0 Å². The molecule has 2 rings (SSSR count). The summed E-state index contributed by atoms with van der Waals surface area (Å²) in [4.78, 5) is 0. The van der Waals surface area contributed by atoms with Crippen molar-refractivity contribution >= 4 is 16.1 Å². The van der Waals surface area contributed by atoms with Gasteiger partial charge in [0.15, 0.2) is 0 Å². The molecule has 0 radical (unpaired) electrons. The van der Waals surface area contributed by atoms with E-state index in [2.05, 4.69) is 63.6 Å². The molecule has 0 bridgehead atoms. The van der Waals surface area contributed by atoms with Crippen LogP contribution < -0.4 is 0 Å². The van der Waals surface area contributed by atoms with Crippen molar-refractivity contribution in [2.24, 2.45) is 0 Å². The molecular formula is C18H30HfSi2. The summed E-state index contributed by atoms with van der Waals surface area (Å²) in [6, 6.07) is 2.80. The maximum atomic E-state index is 2.50. The van der Waals surface area contributed by atoms with Crippen LogP contribution in [0.4, 0.5) is 0 Å². The average molecular weight is 481 g/mol. The molecule has 0 unspecified atom stereocenters. The van der Waals surface area contributed by atoms with E-state index in [1.807, 2.05) is 6.66 Å². The van der Waals surface area contributed by atoms with Gasteiger partial charge in [-0.05, 0) is 0 Å². The Hall–Kier alpha value is 0.264. The molecule has 0 aromatic rings. The van der Waals surface area contributed by atoms with Gasteiger partial charge in [0.25, 0.3) is 0 Å². The molecule has 0 saturated heterocycles. The van der Waals surface area contributed by atoms with Crippen LogP contribution in [-0.2, 0) is 22.9 Å². The van der Waals surface area contributed by atoms with Crippen LogP contribution >= 0.6 is 0 Å². The Bertz CT molecular complexity index is 474. The second kappa shape index (κ2) is 6.80. The topological polar surface area (TPSA) is 0 Å². The van der Waals surface area contributed by atoms with Gasteiger partial charge in [-0.15, -0.1) is 0 Å². The summed E-state index contributed by atoms with van der Waals surface area (Å²) in [5, 5.41) is 0. The molecule has 21 heavy (non-hydrogen) atoms. The average Bonchev–Trinajstić information content (AvgIpc) is 2.86. The summed E-state index contributed by atoms with van der Waals surface area (Å²) >= 11 is -0.760. The van der Waals surface area contributed by atoms with Crippen LogP contribution in [0.2, 0.25) is 51.4 Å². The summed E-state index contributed by atoms with van der Waals surface area (Å²) in [7, 11) is -1.96. The van der Waals surface area contributed by atoms with Gasteiger partial charge in [0.2, 0.25) is 0 Å². The van der Waals surface area contributed by atoms with Gasteiger partial charge in [0, 0.05) is 0 Å². The molecule has 0 amide bonds. The van der Waals surface area contributed by atoms with Crippen LogP contribution in [0.5, 0.6) is 0 Å². The molecule has 0 nitrogen and oxygen atoms in total. The standard InChI is InChI=1S/2C9H15Si.Hf/c2*1-10(2,3)8-9-6-4-5-7-9;/h2*4,6H,5,8H2,1-3H3;. The Morgan fingerprint density at radius 1 is 0.762 bits per heavy atom. The zero-order valence-corrected chi connectivity index (χ0v) is 20.2. The van der Waals surface area contributed by atoms with Gasteiger partial charge in [0.1, 0.15) is 0 Å². The van der Waals surface area contributed by atoms with Crippen LogP contribution in [0.3, 0.4) is 0 Å². The van der Waals surface area contributed by atoms with E-state index in [-0.39, 0.29) is 0 Å². The second-order valence-corrected chi connectivity index (χ2v) is 25.0. The van der Waals surface area contributed by atoms with Crippen LogP contribution in [0.1, 0.15) is 12.8 Å². The fourth-order valence-electron chi connectivity index (χ4n) is 3.02. The Morgan fingerprint density at radius 3 is 1.48 bits per heavy atom. The van der Waals surface area contributed by atoms with Gasteiger partial charge >= 0.3 is 145 Å². The van der Waals surface area contributed by atoms with Gasteiger partial charge in [-0.1, -0.05) is 0 Å². The summed E-state index contributed by atoms with van der Waals surface area (Å²) < 4.78 is 3.81. The molecular weight excluding hydrogens is 451 g/mol. The van der Waals surface area contributed by atoms with Crippen molar-refractivity contribution < 1.29 is 22.9 Å². The zero-order chi connectivity index (χ0) is 15.7. The number of rotatable bonds is 6. The van der Waals surface area contributed by atoms with Gasteiger partial charge in [-0.3, -0.25) is 0 Å². The molecule has 0 spiro atoms. The molecule has 0 aromatic carbocycles. The number of hydrogen-bond donors (Lipinski definition) is 0. The van der Waals surface area contributed by atoms with E-state index >= 15 is 0 Å². The Morgan fingerprint density at radius 2 is 1.14 bits per heavy atom. The molecule has 0 fully saturated rings. The fraction of sp³-hybridized carbons (Fsp3) is 0.556. The van der Waals surface area contributed by atoms with Crippen molar-refractivity contribution in [3.05, 3.63) is 42.1 Å².